The zero-order valence-corrected chi connectivity index (χ0v) is 16.0. The molecule has 0 aliphatic heterocycles. The Morgan fingerprint density at radius 2 is 1.88 bits per heavy atom. The van der Waals surface area contributed by atoms with E-state index in [1.54, 1.807) is 11.7 Å². The molecule has 5 heteroatoms. The van der Waals surface area contributed by atoms with Crippen LogP contribution in [0.5, 0.6) is 5.75 Å². The Kier molecular flexibility index (Phi) is 4.08. The number of aryl methyl sites for hydroxylation is 1. The highest BCUT2D eigenvalue weighted by molar-refractivity contribution is 9.10. The van der Waals surface area contributed by atoms with Crippen molar-refractivity contribution in [2.45, 2.75) is 33.3 Å². The van der Waals surface area contributed by atoms with Gasteiger partial charge in [0.15, 0.2) is 0 Å². The lowest BCUT2D eigenvalue weighted by atomic mass is 10.1. The largest absolute Gasteiger partial charge is 0.495 e. The number of methoxy groups -OCH3 is 1. The molecular weight excluding hydrogens is 370 g/mol. The number of fused-ring (bicyclic) bond motifs is 3. The van der Waals surface area contributed by atoms with Crippen LogP contribution in [0.4, 0.5) is 4.79 Å². The second-order valence-corrected chi connectivity index (χ2v) is 7.56. The van der Waals surface area contributed by atoms with Crippen molar-refractivity contribution in [2.24, 2.45) is 0 Å². The minimum atomic E-state index is -0.579. The maximum Gasteiger partial charge on any atom is 0.419 e. The van der Waals surface area contributed by atoms with Crippen molar-refractivity contribution in [3.8, 4) is 5.75 Å². The fourth-order valence-corrected chi connectivity index (χ4v) is 3.39. The Morgan fingerprint density at radius 1 is 1.21 bits per heavy atom. The van der Waals surface area contributed by atoms with Crippen molar-refractivity contribution < 1.29 is 14.3 Å². The number of nitrogens with zero attached hydrogens (tertiary/aromatic N) is 1. The predicted molar refractivity (Wildman–Crippen MR) is 100 cm³/mol. The maximum atomic E-state index is 12.9. The van der Waals surface area contributed by atoms with Crippen LogP contribution < -0.4 is 4.74 Å². The quantitative estimate of drug-likeness (QED) is 0.539. The highest BCUT2D eigenvalue weighted by Crippen LogP contribution is 2.41. The van der Waals surface area contributed by atoms with E-state index in [9.17, 15) is 4.79 Å². The molecule has 0 amide bonds. The minimum Gasteiger partial charge on any atom is -0.495 e. The lowest BCUT2D eigenvalue weighted by molar-refractivity contribution is 0.0551. The average molecular weight is 390 g/mol. The molecule has 0 radical (unpaired) electrons. The molecule has 0 unspecified atom stereocenters. The van der Waals surface area contributed by atoms with Crippen LogP contribution in [0, 0.1) is 6.92 Å². The van der Waals surface area contributed by atoms with Crippen LogP contribution >= 0.6 is 15.9 Å². The molecule has 0 atom stereocenters. The Morgan fingerprint density at radius 3 is 2.50 bits per heavy atom. The first-order chi connectivity index (χ1) is 11.2. The third-order valence-electron chi connectivity index (χ3n) is 3.82. The fraction of sp³-hybridized carbons (Fsp3) is 0.316. The molecule has 2 aromatic carbocycles. The van der Waals surface area contributed by atoms with E-state index < -0.39 is 11.7 Å². The average Bonchev–Trinajstić information content (AvgIpc) is 2.84. The number of aromatic nitrogens is 1. The number of carbonyl (C=O) groups is 1. The Labute approximate surface area is 149 Å². The van der Waals surface area contributed by atoms with Gasteiger partial charge in [0, 0.05) is 15.2 Å². The van der Waals surface area contributed by atoms with Crippen LogP contribution in [0.2, 0.25) is 0 Å². The summed E-state index contributed by atoms with van der Waals surface area (Å²) >= 11 is 3.67. The van der Waals surface area contributed by atoms with E-state index in [2.05, 4.69) is 15.9 Å². The Hall–Kier alpha value is -2.01. The maximum absolute atomic E-state index is 12.9. The predicted octanol–water partition coefficient (Wildman–Crippen LogP) is 5.66. The van der Waals surface area contributed by atoms with E-state index in [4.69, 9.17) is 9.47 Å². The van der Waals surface area contributed by atoms with Gasteiger partial charge in [0.2, 0.25) is 0 Å². The number of para-hydroxylation sites is 1. The summed E-state index contributed by atoms with van der Waals surface area (Å²) in [6.45, 7) is 7.58. The zero-order valence-electron chi connectivity index (χ0n) is 14.4. The first-order valence-corrected chi connectivity index (χ1v) is 8.53. The highest BCUT2D eigenvalue weighted by atomic mass is 79.9. The lowest BCUT2D eigenvalue weighted by Gasteiger charge is -2.20. The van der Waals surface area contributed by atoms with Crippen LogP contribution in [0.25, 0.3) is 21.8 Å². The summed E-state index contributed by atoms with van der Waals surface area (Å²) in [6, 6.07) is 9.71. The molecule has 1 aromatic heterocycles. The van der Waals surface area contributed by atoms with Crippen LogP contribution in [-0.4, -0.2) is 23.4 Å². The normalized spacial score (nSPS) is 11.9. The standard InChI is InChI=1S/C19H20BrNO3/c1-11-10-14(23-5)17-15(16(11)20)12-8-6-7-9-13(12)21(17)18(22)24-19(2,3)4/h6-10H,1-5H3. The van der Waals surface area contributed by atoms with Gasteiger partial charge in [0.25, 0.3) is 0 Å². The molecular formula is C19H20BrNO3. The van der Waals surface area contributed by atoms with Crippen molar-refractivity contribution in [3.63, 3.8) is 0 Å². The van der Waals surface area contributed by atoms with Gasteiger partial charge >= 0.3 is 6.09 Å². The molecule has 0 aliphatic carbocycles. The molecule has 0 N–H and O–H groups in total. The van der Waals surface area contributed by atoms with Crippen molar-refractivity contribution in [2.75, 3.05) is 7.11 Å². The highest BCUT2D eigenvalue weighted by Gasteiger charge is 2.25. The molecule has 0 spiro atoms. The van der Waals surface area contributed by atoms with Crippen molar-refractivity contribution in [3.05, 3.63) is 40.4 Å². The van der Waals surface area contributed by atoms with E-state index in [1.165, 1.54) is 0 Å². The summed E-state index contributed by atoms with van der Waals surface area (Å²) in [6.07, 6.45) is -0.414. The number of hydrogen-bond donors (Lipinski definition) is 0. The number of ether oxygens (including phenoxy) is 2. The van der Waals surface area contributed by atoms with Crippen LogP contribution in [0.3, 0.4) is 0 Å². The van der Waals surface area contributed by atoms with Crippen molar-refractivity contribution >= 4 is 43.8 Å². The monoisotopic (exact) mass is 389 g/mol. The third-order valence-corrected chi connectivity index (χ3v) is 4.84. The van der Waals surface area contributed by atoms with Crippen molar-refractivity contribution in [1.29, 1.82) is 0 Å². The van der Waals surface area contributed by atoms with E-state index >= 15 is 0 Å². The summed E-state index contributed by atoms with van der Waals surface area (Å²) in [5.41, 5.74) is 1.98. The molecule has 4 nitrogen and oxygen atoms in total. The van der Waals surface area contributed by atoms with Gasteiger partial charge in [-0.15, -0.1) is 0 Å². The number of rotatable bonds is 1. The molecule has 0 saturated heterocycles. The van der Waals surface area contributed by atoms with Gasteiger partial charge in [-0.3, -0.25) is 0 Å². The number of hydrogen-bond acceptors (Lipinski definition) is 3. The number of halogens is 1. The Bertz CT molecular complexity index is 951. The van der Waals surface area contributed by atoms with Gasteiger partial charge in [-0.05, 0) is 61.3 Å². The van der Waals surface area contributed by atoms with E-state index in [-0.39, 0.29) is 0 Å². The van der Waals surface area contributed by atoms with E-state index in [0.29, 0.717) is 11.3 Å². The molecule has 1 heterocycles. The van der Waals surface area contributed by atoms with Crippen LogP contribution in [0.15, 0.2) is 34.8 Å². The topological polar surface area (TPSA) is 40.5 Å². The first-order valence-electron chi connectivity index (χ1n) is 7.74. The summed E-state index contributed by atoms with van der Waals surface area (Å²) in [4.78, 5) is 12.9. The summed E-state index contributed by atoms with van der Waals surface area (Å²) < 4.78 is 13.7. The summed E-state index contributed by atoms with van der Waals surface area (Å²) in [5, 5.41) is 1.93. The van der Waals surface area contributed by atoms with Gasteiger partial charge in [-0.1, -0.05) is 18.2 Å². The molecule has 0 bridgehead atoms. The molecule has 126 valence electrons. The number of carbonyl (C=O) groups excluding carboxylic acids is 1. The molecule has 3 rings (SSSR count). The van der Waals surface area contributed by atoms with Gasteiger partial charge in [-0.25, -0.2) is 9.36 Å². The van der Waals surface area contributed by atoms with Gasteiger partial charge in [-0.2, -0.15) is 0 Å². The smallest absolute Gasteiger partial charge is 0.419 e. The molecule has 24 heavy (non-hydrogen) atoms. The second kappa shape index (κ2) is 5.81. The SMILES string of the molecule is COc1cc(C)c(Br)c2c3ccccc3n(C(=O)OC(C)(C)C)c12. The van der Waals surface area contributed by atoms with Gasteiger partial charge < -0.3 is 9.47 Å². The molecule has 0 aliphatic rings. The van der Waals surface area contributed by atoms with Crippen LogP contribution in [-0.2, 0) is 4.74 Å². The van der Waals surface area contributed by atoms with E-state index in [1.807, 2.05) is 58.0 Å². The first kappa shape index (κ1) is 16.8. The molecule has 0 fully saturated rings. The number of benzene rings is 2. The van der Waals surface area contributed by atoms with Gasteiger partial charge in [0.05, 0.1) is 12.6 Å². The summed E-state index contributed by atoms with van der Waals surface area (Å²) in [5.74, 6) is 0.646. The molecule has 3 aromatic rings. The van der Waals surface area contributed by atoms with Gasteiger partial charge in [0.1, 0.15) is 16.9 Å². The van der Waals surface area contributed by atoms with Crippen molar-refractivity contribution in [1.82, 2.24) is 4.57 Å². The third kappa shape index (κ3) is 2.67. The Balaban J connectivity index is 2.46. The lowest BCUT2D eigenvalue weighted by Crippen LogP contribution is -2.27. The van der Waals surface area contributed by atoms with E-state index in [0.717, 1.165) is 26.3 Å². The van der Waals surface area contributed by atoms with Crippen LogP contribution in [0.1, 0.15) is 26.3 Å². The minimum absolute atomic E-state index is 0.414. The summed E-state index contributed by atoms with van der Waals surface area (Å²) in [7, 11) is 1.61. The molecule has 0 saturated carbocycles. The fourth-order valence-electron chi connectivity index (χ4n) is 2.87. The zero-order chi connectivity index (χ0) is 17.6. The second-order valence-electron chi connectivity index (χ2n) is 6.77.